The molecule has 2 aliphatic rings. The summed E-state index contributed by atoms with van der Waals surface area (Å²) in [6, 6.07) is 0. The number of carboxylic acid groups (broad SMARTS) is 1. The summed E-state index contributed by atoms with van der Waals surface area (Å²) in [6.45, 7) is 0. The molecule has 0 saturated heterocycles. The smallest absolute Gasteiger partial charge is 0.313 e. The van der Waals surface area contributed by atoms with Crippen LogP contribution in [-0.4, -0.2) is 22.6 Å². The molecule has 1 N–H and O–H groups in total. The molecule has 0 aromatic rings. The average Bonchev–Trinajstić information content (AvgIpc) is 2.84. The molecule has 2 unspecified atom stereocenters. The van der Waals surface area contributed by atoms with Crippen molar-refractivity contribution in [2.24, 2.45) is 17.8 Å². The highest BCUT2D eigenvalue weighted by molar-refractivity contribution is 8.00. The third-order valence-electron chi connectivity index (χ3n) is 3.93. The van der Waals surface area contributed by atoms with Crippen LogP contribution in [0.3, 0.4) is 0 Å². The zero-order valence-corrected chi connectivity index (χ0v) is 10.4. The third-order valence-corrected chi connectivity index (χ3v) is 4.81. The molecule has 0 amide bonds. The quantitative estimate of drug-likeness (QED) is 0.572. The van der Waals surface area contributed by atoms with Crippen LogP contribution in [0.5, 0.6) is 0 Å². The number of carbonyl (C=O) groups is 1. The van der Waals surface area contributed by atoms with Gasteiger partial charge in [0.1, 0.15) is 0 Å². The molecule has 0 spiro atoms. The van der Waals surface area contributed by atoms with E-state index in [4.69, 9.17) is 5.11 Å². The summed E-state index contributed by atoms with van der Waals surface area (Å²) in [5.41, 5.74) is 0. The van der Waals surface area contributed by atoms with Gasteiger partial charge in [-0.3, -0.25) is 4.79 Å². The van der Waals surface area contributed by atoms with Crippen molar-refractivity contribution in [2.75, 3.05) is 11.5 Å². The number of hydrogen-bond acceptors (Lipinski definition) is 2. The lowest BCUT2D eigenvalue weighted by atomic mass is 9.86. The first-order valence-corrected chi connectivity index (χ1v) is 7.35. The standard InChI is InChI=1S/C13H20O2S/c14-13(15)9-16-6-2-1-3-11-7-10-4-5-12(11)8-10/h1-2,10-12H,3-9H2,(H,14,15)/b2-1-/t10?,11?,12-/m1/s1. The molecule has 2 rings (SSSR count). The molecule has 0 aliphatic heterocycles. The van der Waals surface area contributed by atoms with Gasteiger partial charge in [-0.2, -0.15) is 0 Å². The number of aliphatic carboxylic acids is 1. The Kier molecular flexibility index (Phi) is 4.33. The first kappa shape index (κ1) is 12.0. The van der Waals surface area contributed by atoms with Crippen LogP contribution >= 0.6 is 11.8 Å². The SMILES string of the molecule is O=C(O)CSC/C=C\CC1CC2CC[C@@H]1C2. The monoisotopic (exact) mass is 240 g/mol. The molecular formula is C13H20O2S. The zero-order valence-electron chi connectivity index (χ0n) is 9.60. The molecular weight excluding hydrogens is 220 g/mol. The molecule has 3 atom stereocenters. The Morgan fingerprint density at radius 3 is 2.81 bits per heavy atom. The van der Waals surface area contributed by atoms with E-state index in [0.29, 0.717) is 0 Å². The summed E-state index contributed by atoms with van der Waals surface area (Å²) in [5.74, 6) is 3.31. The highest BCUT2D eigenvalue weighted by atomic mass is 32.2. The summed E-state index contributed by atoms with van der Waals surface area (Å²) < 4.78 is 0. The molecule has 16 heavy (non-hydrogen) atoms. The van der Waals surface area contributed by atoms with Gasteiger partial charge in [0.2, 0.25) is 0 Å². The van der Waals surface area contributed by atoms with Crippen molar-refractivity contribution in [3.63, 3.8) is 0 Å². The predicted molar refractivity (Wildman–Crippen MR) is 67.7 cm³/mol. The lowest BCUT2D eigenvalue weighted by molar-refractivity contribution is -0.133. The molecule has 2 saturated carbocycles. The second-order valence-corrected chi connectivity index (χ2v) is 6.08. The van der Waals surface area contributed by atoms with E-state index in [0.717, 1.165) is 23.5 Å². The number of thioether (sulfide) groups is 1. The normalized spacial score (nSPS) is 32.6. The Balaban J connectivity index is 1.57. The molecule has 90 valence electrons. The average molecular weight is 240 g/mol. The fraction of sp³-hybridized carbons (Fsp3) is 0.769. The first-order valence-electron chi connectivity index (χ1n) is 6.20. The molecule has 2 nitrogen and oxygen atoms in total. The predicted octanol–water partition coefficient (Wildman–Crippen LogP) is 3.19. The van der Waals surface area contributed by atoms with E-state index in [1.807, 2.05) is 0 Å². The van der Waals surface area contributed by atoms with Crippen molar-refractivity contribution in [2.45, 2.75) is 32.1 Å². The molecule has 0 heterocycles. The van der Waals surface area contributed by atoms with Crippen molar-refractivity contribution in [1.29, 1.82) is 0 Å². The fourth-order valence-electron chi connectivity index (χ4n) is 3.22. The van der Waals surface area contributed by atoms with Gasteiger partial charge in [0.15, 0.2) is 0 Å². The molecule has 2 fully saturated rings. The Morgan fingerprint density at radius 1 is 1.31 bits per heavy atom. The largest absolute Gasteiger partial charge is 0.481 e. The minimum absolute atomic E-state index is 0.221. The summed E-state index contributed by atoms with van der Waals surface area (Å²) in [6.07, 6.45) is 11.5. The van der Waals surface area contributed by atoms with Gasteiger partial charge in [-0.25, -0.2) is 0 Å². The van der Waals surface area contributed by atoms with E-state index < -0.39 is 5.97 Å². The fourth-order valence-corrected chi connectivity index (χ4v) is 3.78. The van der Waals surface area contributed by atoms with Gasteiger partial charge < -0.3 is 5.11 Å². The number of hydrogen-bond donors (Lipinski definition) is 1. The Bertz CT molecular complexity index is 275. The Hall–Kier alpha value is -0.440. The summed E-state index contributed by atoms with van der Waals surface area (Å²) in [4.78, 5) is 10.3. The van der Waals surface area contributed by atoms with E-state index in [1.165, 1.54) is 43.9 Å². The molecule has 2 aliphatic carbocycles. The van der Waals surface area contributed by atoms with Gasteiger partial charge in [-0.1, -0.05) is 18.6 Å². The van der Waals surface area contributed by atoms with Gasteiger partial charge in [0.05, 0.1) is 5.75 Å². The van der Waals surface area contributed by atoms with Gasteiger partial charge in [0, 0.05) is 5.75 Å². The maximum Gasteiger partial charge on any atom is 0.313 e. The maximum atomic E-state index is 10.3. The highest BCUT2D eigenvalue weighted by Gasteiger charge is 2.38. The van der Waals surface area contributed by atoms with Crippen LogP contribution in [0, 0.1) is 17.8 Å². The second-order valence-electron chi connectivity index (χ2n) is 5.05. The lowest BCUT2D eigenvalue weighted by Gasteiger charge is -2.19. The number of allylic oxidation sites excluding steroid dienone is 1. The zero-order chi connectivity index (χ0) is 11.4. The van der Waals surface area contributed by atoms with E-state index in [-0.39, 0.29) is 5.75 Å². The van der Waals surface area contributed by atoms with Crippen LogP contribution in [0.1, 0.15) is 32.1 Å². The van der Waals surface area contributed by atoms with Gasteiger partial charge in [-0.15, -0.1) is 11.8 Å². The molecule has 0 aromatic heterocycles. The summed E-state index contributed by atoms with van der Waals surface area (Å²) in [5, 5.41) is 8.47. The Labute approximate surface area is 101 Å². The summed E-state index contributed by atoms with van der Waals surface area (Å²) >= 11 is 1.47. The van der Waals surface area contributed by atoms with Crippen LogP contribution in [0.4, 0.5) is 0 Å². The van der Waals surface area contributed by atoms with Crippen LogP contribution in [-0.2, 0) is 4.79 Å². The Morgan fingerprint density at radius 2 is 2.19 bits per heavy atom. The maximum absolute atomic E-state index is 10.3. The second kappa shape index (κ2) is 5.76. The molecule has 3 heteroatoms. The van der Waals surface area contributed by atoms with E-state index in [2.05, 4.69) is 12.2 Å². The molecule has 2 bridgehead atoms. The van der Waals surface area contributed by atoms with Crippen molar-refractivity contribution in [1.82, 2.24) is 0 Å². The van der Waals surface area contributed by atoms with Crippen molar-refractivity contribution in [3.05, 3.63) is 12.2 Å². The van der Waals surface area contributed by atoms with Crippen LogP contribution in [0.15, 0.2) is 12.2 Å². The lowest BCUT2D eigenvalue weighted by Crippen LogP contribution is -2.08. The van der Waals surface area contributed by atoms with Gasteiger partial charge >= 0.3 is 5.97 Å². The number of rotatable bonds is 6. The summed E-state index contributed by atoms with van der Waals surface area (Å²) in [7, 11) is 0. The van der Waals surface area contributed by atoms with Crippen molar-refractivity contribution < 1.29 is 9.90 Å². The van der Waals surface area contributed by atoms with Crippen molar-refractivity contribution >= 4 is 17.7 Å². The van der Waals surface area contributed by atoms with Crippen LogP contribution < -0.4 is 0 Å². The topological polar surface area (TPSA) is 37.3 Å². The van der Waals surface area contributed by atoms with E-state index >= 15 is 0 Å². The van der Waals surface area contributed by atoms with Gasteiger partial charge in [0.25, 0.3) is 0 Å². The highest BCUT2D eigenvalue weighted by Crippen LogP contribution is 2.49. The first-order chi connectivity index (χ1) is 7.75. The van der Waals surface area contributed by atoms with Gasteiger partial charge in [-0.05, 0) is 43.4 Å². The molecule has 0 aromatic carbocycles. The third kappa shape index (κ3) is 3.27. The van der Waals surface area contributed by atoms with Crippen molar-refractivity contribution in [3.8, 4) is 0 Å². The molecule has 0 radical (unpaired) electrons. The van der Waals surface area contributed by atoms with E-state index in [9.17, 15) is 4.79 Å². The minimum Gasteiger partial charge on any atom is -0.481 e. The number of fused-ring (bicyclic) bond motifs is 2. The van der Waals surface area contributed by atoms with Crippen LogP contribution in [0.2, 0.25) is 0 Å². The van der Waals surface area contributed by atoms with E-state index in [1.54, 1.807) is 0 Å². The minimum atomic E-state index is -0.716. The number of carboxylic acids is 1. The van der Waals surface area contributed by atoms with Crippen LogP contribution in [0.25, 0.3) is 0 Å².